The van der Waals surface area contributed by atoms with Crippen LogP contribution in [0.4, 0.5) is 4.79 Å². The minimum atomic E-state index is -0.0961. The van der Waals surface area contributed by atoms with Gasteiger partial charge < -0.3 is 15.4 Å². The summed E-state index contributed by atoms with van der Waals surface area (Å²) < 4.78 is 5.57. The first-order valence-corrected chi connectivity index (χ1v) is 6.39. The Hall–Kier alpha value is -1.71. The van der Waals surface area contributed by atoms with Crippen LogP contribution in [0.3, 0.4) is 0 Å². The smallest absolute Gasteiger partial charge is 0.315 e. The lowest BCUT2D eigenvalue weighted by Crippen LogP contribution is -2.38. The lowest BCUT2D eigenvalue weighted by Gasteiger charge is -2.09. The van der Waals surface area contributed by atoms with Crippen LogP contribution in [0, 0.1) is 13.8 Å². The highest BCUT2D eigenvalue weighted by Crippen LogP contribution is 2.18. The first kappa shape index (κ1) is 12.7. The van der Waals surface area contributed by atoms with E-state index in [2.05, 4.69) is 24.5 Å². The van der Waals surface area contributed by atoms with Crippen molar-refractivity contribution in [2.24, 2.45) is 0 Å². The summed E-state index contributed by atoms with van der Waals surface area (Å²) in [6, 6.07) is 6.30. The third-order valence-corrected chi connectivity index (χ3v) is 3.05. The predicted octanol–water partition coefficient (Wildman–Crippen LogP) is 2.14. The molecule has 1 saturated carbocycles. The van der Waals surface area contributed by atoms with Crippen molar-refractivity contribution in [2.45, 2.75) is 32.7 Å². The van der Waals surface area contributed by atoms with Crippen LogP contribution in [0.25, 0.3) is 0 Å². The maximum absolute atomic E-state index is 11.3. The van der Waals surface area contributed by atoms with Gasteiger partial charge in [-0.3, -0.25) is 0 Å². The number of amides is 2. The van der Waals surface area contributed by atoms with Crippen LogP contribution in [0.5, 0.6) is 5.75 Å². The summed E-state index contributed by atoms with van der Waals surface area (Å²) >= 11 is 0. The van der Waals surface area contributed by atoms with Crippen LogP contribution in [-0.2, 0) is 0 Å². The molecule has 18 heavy (non-hydrogen) atoms. The minimum absolute atomic E-state index is 0.0961. The Morgan fingerprint density at radius 1 is 1.33 bits per heavy atom. The number of hydrogen-bond donors (Lipinski definition) is 2. The van der Waals surface area contributed by atoms with Gasteiger partial charge in [-0.25, -0.2) is 4.79 Å². The highest BCUT2D eigenvalue weighted by Gasteiger charge is 2.22. The molecule has 0 bridgehead atoms. The zero-order valence-electron chi connectivity index (χ0n) is 11.0. The van der Waals surface area contributed by atoms with Crippen molar-refractivity contribution in [1.29, 1.82) is 0 Å². The van der Waals surface area contributed by atoms with Crippen LogP contribution < -0.4 is 15.4 Å². The van der Waals surface area contributed by atoms with Gasteiger partial charge in [0.15, 0.2) is 0 Å². The van der Waals surface area contributed by atoms with Gasteiger partial charge in [0.25, 0.3) is 0 Å². The number of ether oxygens (including phenoxy) is 1. The van der Waals surface area contributed by atoms with Crippen molar-refractivity contribution in [2.75, 3.05) is 13.2 Å². The number of benzene rings is 1. The number of carbonyl (C=O) groups excluding carboxylic acids is 1. The number of carbonyl (C=O) groups is 1. The Labute approximate surface area is 108 Å². The second kappa shape index (κ2) is 5.76. The normalized spacial score (nSPS) is 14.1. The molecule has 2 rings (SSSR count). The maximum Gasteiger partial charge on any atom is 0.315 e. The Morgan fingerprint density at radius 3 is 2.78 bits per heavy atom. The third kappa shape index (κ3) is 3.95. The quantitative estimate of drug-likeness (QED) is 0.784. The van der Waals surface area contributed by atoms with Crippen LogP contribution >= 0.6 is 0 Å². The van der Waals surface area contributed by atoms with Gasteiger partial charge in [0.05, 0.1) is 6.54 Å². The van der Waals surface area contributed by atoms with Gasteiger partial charge in [0.2, 0.25) is 0 Å². The van der Waals surface area contributed by atoms with Gasteiger partial charge in [-0.05, 0) is 49.9 Å². The second-order valence-electron chi connectivity index (χ2n) is 4.77. The van der Waals surface area contributed by atoms with Crippen molar-refractivity contribution in [3.8, 4) is 5.75 Å². The molecule has 2 amide bonds. The average Bonchev–Trinajstić information content (AvgIpc) is 3.13. The molecule has 1 aliphatic rings. The third-order valence-electron chi connectivity index (χ3n) is 3.05. The number of aryl methyl sites for hydroxylation is 2. The molecule has 1 aromatic carbocycles. The minimum Gasteiger partial charge on any atom is -0.492 e. The summed E-state index contributed by atoms with van der Waals surface area (Å²) in [7, 11) is 0. The van der Waals surface area contributed by atoms with Crippen molar-refractivity contribution in [1.82, 2.24) is 10.6 Å². The van der Waals surface area contributed by atoms with E-state index in [1.807, 2.05) is 18.2 Å². The molecular weight excluding hydrogens is 228 g/mol. The fraction of sp³-hybridized carbons (Fsp3) is 0.500. The fourth-order valence-electron chi connectivity index (χ4n) is 1.60. The molecule has 4 nitrogen and oxygen atoms in total. The zero-order valence-corrected chi connectivity index (χ0v) is 11.0. The van der Waals surface area contributed by atoms with Gasteiger partial charge in [0.1, 0.15) is 12.4 Å². The van der Waals surface area contributed by atoms with Crippen LogP contribution in [0.1, 0.15) is 24.0 Å². The summed E-state index contributed by atoms with van der Waals surface area (Å²) in [4.78, 5) is 11.3. The van der Waals surface area contributed by atoms with Crippen molar-refractivity contribution in [3.63, 3.8) is 0 Å². The average molecular weight is 248 g/mol. The van der Waals surface area contributed by atoms with E-state index in [0.29, 0.717) is 19.2 Å². The molecular formula is C14H20N2O2. The molecule has 2 N–H and O–H groups in total. The van der Waals surface area contributed by atoms with E-state index in [9.17, 15) is 4.79 Å². The second-order valence-corrected chi connectivity index (χ2v) is 4.77. The van der Waals surface area contributed by atoms with Crippen LogP contribution in [-0.4, -0.2) is 25.2 Å². The van der Waals surface area contributed by atoms with Gasteiger partial charge in [-0.15, -0.1) is 0 Å². The maximum atomic E-state index is 11.3. The lowest BCUT2D eigenvalue weighted by atomic mass is 10.1. The van der Waals surface area contributed by atoms with E-state index in [0.717, 1.165) is 18.6 Å². The number of rotatable bonds is 5. The van der Waals surface area contributed by atoms with Crippen molar-refractivity contribution < 1.29 is 9.53 Å². The topological polar surface area (TPSA) is 50.4 Å². The number of nitrogens with one attached hydrogen (secondary N) is 2. The van der Waals surface area contributed by atoms with Crippen molar-refractivity contribution in [3.05, 3.63) is 29.3 Å². The van der Waals surface area contributed by atoms with Crippen LogP contribution in [0.15, 0.2) is 18.2 Å². The number of hydrogen-bond acceptors (Lipinski definition) is 2. The molecule has 1 aliphatic carbocycles. The van der Waals surface area contributed by atoms with E-state index in [4.69, 9.17) is 4.74 Å². The van der Waals surface area contributed by atoms with E-state index >= 15 is 0 Å². The SMILES string of the molecule is Cc1ccc(OCCNC(=O)NC2CC2)cc1C. The first-order valence-electron chi connectivity index (χ1n) is 6.39. The monoisotopic (exact) mass is 248 g/mol. The molecule has 4 heteroatoms. The molecule has 0 aliphatic heterocycles. The predicted molar refractivity (Wildman–Crippen MR) is 71.0 cm³/mol. The van der Waals surface area contributed by atoms with Crippen LogP contribution in [0.2, 0.25) is 0 Å². The standard InChI is InChI=1S/C14H20N2O2/c1-10-3-6-13(9-11(10)2)18-8-7-15-14(17)16-12-4-5-12/h3,6,9,12H,4-5,7-8H2,1-2H3,(H2,15,16,17). The van der Waals surface area contributed by atoms with Gasteiger partial charge in [-0.2, -0.15) is 0 Å². The van der Waals surface area contributed by atoms with E-state index in [1.165, 1.54) is 11.1 Å². The van der Waals surface area contributed by atoms with E-state index in [1.54, 1.807) is 0 Å². The molecule has 0 aromatic heterocycles. The number of urea groups is 1. The molecule has 0 radical (unpaired) electrons. The molecule has 1 aromatic rings. The molecule has 98 valence electrons. The van der Waals surface area contributed by atoms with Gasteiger partial charge in [-0.1, -0.05) is 6.07 Å². The Bertz CT molecular complexity index is 428. The lowest BCUT2D eigenvalue weighted by molar-refractivity contribution is 0.236. The summed E-state index contributed by atoms with van der Waals surface area (Å²) in [5.74, 6) is 0.850. The van der Waals surface area contributed by atoms with Gasteiger partial charge >= 0.3 is 6.03 Å². The molecule has 0 heterocycles. The highest BCUT2D eigenvalue weighted by molar-refractivity contribution is 5.74. The van der Waals surface area contributed by atoms with Gasteiger partial charge in [0, 0.05) is 6.04 Å². The largest absolute Gasteiger partial charge is 0.492 e. The Morgan fingerprint density at radius 2 is 2.11 bits per heavy atom. The Balaban J connectivity index is 1.64. The highest BCUT2D eigenvalue weighted by atomic mass is 16.5. The summed E-state index contributed by atoms with van der Waals surface area (Å²) in [6.45, 7) is 5.14. The summed E-state index contributed by atoms with van der Waals surface area (Å²) in [5.41, 5.74) is 2.47. The molecule has 1 fully saturated rings. The summed E-state index contributed by atoms with van der Waals surface area (Å²) in [5, 5.41) is 5.64. The van der Waals surface area contributed by atoms with E-state index < -0.39 is 0 Å². The van der Waals surface area contributed by atoms with E-state index in [-0.39, 0.29) is 6.03 Å². The van der Waals surface area contributed by atoms with Crippen molar-refractivity contribution >= 4 is 6.03 Å². The molecule has 0 unspecified atom stereocenters. The molecule has 0 atom stereocenters. The first-order chi connectivity index (χ1) is 8.65. The molecule has 0 spiro atoms. The molecule has 0 saturated heterocycles. The zero-order chi connectivity index (χ0) is 13.0. The fourth-order valence-corrected chi connectivity index (χ4v) is 1.60. The Kier molecular flexibility index (Phi) is 4.07. The summed E-state index contributed by atoms with van der Waals surface area (Å²) in [6.07, 6.45) is 2.21.